The summed E-state index contributed by atoms with van der Waals surface area (Å²) in [5.41, 5.74) is 2.71. The van der Waals surface area contributed by atoms with Crippen LogP contribution in [0.2, 0.25) is 0 Å². The van der Waals surface area contributed by atoms with Gasteiger partial charge >= 0.3 is 0 Å². The zero-order valence-corrected chi connectivity index (χ0v) is 11.4. The molecule has 4 rings (SSSR count). The number of benzene rings is 1. The molecular formula is C16H12N4O. The summed E-state index contributed by atoms with van der Waals surface area (Å²) in [6, 6.07) is 7.90. The van der Waals surface area contributed by atoms with Crippen LogP contribution in [0.1, 0.15) is 0 Å². The standard InChI is InChI=1S/C16H12N4O/c1-21-15-8-11-3-5-17-9-12(11)7-13(15)14-10-19-20-6-2-4-18-16(14)20/h2-10H,1H3. The maximum Gasteiger partial charge on any atom is 0.162 e. The van der Waals surface area contributed by atoms with Crippen molar-refractivity contribution in [3.05, 3.63) is 55.2 Å². The highest BCUT2D eigenvalue weighted by atomic mass is 16.5. The Morgan fingerprint density at radius 2 is 2.00 bits per heavy atom. The monoisotopic (exact) mass is 276 g/mol. The lowest BCUT2D eigenvalue weighted by Crippen LogP contribution is -1.91. The van der Waals surface area contributed by atoms with E-state index < -0.39 is 0 Å². The first-order valence-corrected chi connectivity index (χ1v) is 6.57. The highest BCUT2D eigenvalue weighted by Crippen LogP contribution is 2.35. The van der Waals surface area contributed by atoms with E-state index in [1.807, 2.05) is 36.8 Å². The Hall–Kier alpha value is -2.95. The van der Waals surface area contributed by atoms with Crippen LogP contribution in [0.3, 0.4) is 0 Å². The van der Waals surface area contributed by atoms with Gasteiger partial charge in [-0.1, -0.05) is 0 Å². The molecule has 0 spiro atoms. The fourth-order valence-electron chi connectivity index (χ4n) is 2.51. The first kappa shape index (κ1) is 11.8. The maximum absolute atomic E-state index is 5.54. The molecule has 0 N–H and O–H groups in total. The van der Waals surface area contributed by atoms with E-state index in [-0.39, 0.29) is 0 Å². The third kappa shape index (κ3) is 1.82. The van der Waals surface area contributed by atoms with E-state index in [0.29, 0.717) is 0 Å². The van der Waals surface area contributed by atoms with Crippen LogP contribution < -0.4 is 4.74 Å². The number of rotatable bonds is 2. The van der Waals surface area contributed by atoms with Gasteiger partial charge in [0.15, 0.2) is 5.65 Å². The second-order valence-corrected chi connectivity index (χ2v) is 4.72. The van der Waals surface area contributed by atoms with E-state index >= 15 is 0 Å². The van der Waals surface area contributed by atoms with Crippen LogP contribution in [0.15, 0.2) is 55.2 Å². The molecule has 0 amide bonds. The smallest absolute Gasteiger partial charge is 0.162 e. The lowest BCUT2D eigenvalue weighted by molar-refractivity contribution is 0.417. The van der Waals surface area contributed by atoms with Gasteiger partial charge in [-0.25, -0.2) is 9.50 Å². The molecule has 0 aliphatic rings. The number of hydrogen-bond acceptors (Lipinski definition) is 4. The number of hydrogen-bond donors (Lipinski definition) is 0. The molecule has 0 aliphatic heterocycles. The molecule has 4 aromatic rings. The molecule has 0 radical (unpaired) electrons. The Morgan fingerprint density at radius 1 is 1.05 bits per heavy atom. The maximum atomic E-state index is 5.54. The number of nitrogens with zero attached hydrogens (tertiary/aromatic N) is 4. The molecule has 21 heavy (non-hydrogen) atoms. The highest BCUT2D eigenvalue weighted by molar-refractivity contribution is 5.92. The Labute approximate surface area is 120 Å². The van der Waals surface area contributed by atoms with Crippen molar-refractivity contribution in [1.82, 2.24) is 19.6 Å². The number of methoxy groups -OCH3 is 1. The van der Waals surface area contributed by atoms with Gasteiger partial charge in [0.2, 0.25) is 0 Å². The van der Waals surface area contributed by atoms with Gasteiger partial charge in [0.05, 0.1) is 18.9 Å². The molecule has 5 heteroatoms. The number of ether oxygens (including phenoxy) is 1. The molecule has 5 nitrogen and oxygen atoms in total. The third-order valence-electron chi connectivity index (χ3n) is 3.53. The number of fused-ring (bicyclic) bond motifs is 2. The topological polar surface area (TPSA) is 52.3 Å². The first-order chi connectivity index (χ1) is 10.4. The molecule has 0 aliphatic carbocycles. The average Bonchev–Trinajstić information content (AvgIpc) is 2.97. The quantitative estimate of drug-likeness (QED) is 0.565. The van der Waals surface area contributed by atoms with Crippen LogP contribution in [-0.4, -0.2) is 26.7 Å². The molecule has 0 atom stereocenters. The van der Waals surface area contributed by atoms with Gasteiger partial charge < -0.3 is 4.74 Å². The summed E-state index contributed by atoms with van der Waals surface area (Å²) in [6.07, 6.45) is 9.06. The normalized spacial score (nSPS) is 11.1. The molecular weight excluding hydrogens is 264 g/mol. The molecule has 3 heterocycles. The summed E-state index contributed by atoms with van der Waals surface area (Å²) in [7, 11) is 1.67. The summed E-state index contributed by atoms with van der Waals surface area (Å²) >= 11 is 0. The summed E-state index contributed by atoms with van der Waals surface area (Å²) in [5, 5.41) is 6.48. The van der Waals surface area contributed by atoms with Gasteiger partial charge in [-0.2, -0.15) is 5.10 Å². The van der Waals surface area contributed by atoms with Crippen LogP contribution in [0.4, 0.5) is 0 Å². The van der Waals surface area contributed by atoms with Crippen LogP contribution >= 0.6 is 0 Å². The van der Waals surface area contributed by atoms with E-state index in [4.69, 9.17) is 4.74 Å². The van der Waals surface area contributed by atoms with Crippen molar-refractivity contribution in [2.24, 2.45) is 0 Å². The van der Waals surface area contributed by atoms with E-state index in [1.165, 1.54) is 0 Å². The molecule has 0 unspecified atom stereocenters. The van der Waals surface area contributed by atoms with E-state index in [9.17, 15) is 0 Å². The van der Waals surface area contributed by atoms with E-state index in [0.717, 1.165) is 33.3 Å². The molecule has 0 saturated carbocycles. The summed E-state index contributed by atoms with van der Waals surface area (Å²) in [4.78, 5) is 8.58. The van der Waals surface area contributed by atoms with Crippen LogP contribution in [-0.2, 0) is 0 Å². The molecule has 0 bridgehead atoms. The minimum absolute atomic E-state index is 0.800. The van der Waals surface area contributed by atoms with Gasteiger partial charge in [-0.3, -0.25) is 4.98 Å². The second kappa shape index (κ2) is 4.56. The minimum Gasteiger partial charge on any atom is -0.496 e. The number of pyridine rings is 1. The zero-order chi connectivity index (χ0) is 14.2. The minimum atomic E-state index is 0.800. The number of aromatic nitrogens is 4. The van der Waals surface area contributed by atoms with Gasteiger partial charge in [-0.15, -0.1) is 0 Å². The Bertz CT molecular complexity index is 945. The van der Waals surface area contributed by atoms with E-state index in [2.05, 4.69) is 21.1 Å². The average molecular weight is 276 g/mol. The van der Waals surface area contributed by atoms with Crippen molar-refractivity contribution >= 4 is 16.4 Å². The van der Waals surface area contributed by atoms with Gasteiger partial charge in [0, 0.05) is 35.7 Å². The molecule has 102 valence electrons. The predicted molar refractivity (Wildman–Crippen MR) is 80.3 cm³/mol. The van der Waals surface area contributed by atoms with Crippen molar-refractivity contribution in [2.75, 3.05) is 7.11 Å². The zero-order valence-electron chi connectivity index (χ0n) is 11.4. The second-order valence-electron chi connectivity index (χ2n) is 4.72. The lowest BCUT2D eigenvalue weighted by atomic mass is 10.0. The fourth-order valence-corrected chi connectivity index (χ4v) is 2.51. The third-order valence-corrected chi connectivity index (χ3v) is 3.53. The van der Waals surface area contributed by atoms with Crippen LogP contribution in [0.25, 0.3) is 27.5 Å². The van der Waals surface area contributed by atoms with Crippen molar-refractivity contribution in [3.8, 4) is 16.9 Å². The summed E-state index contributed by atoms with van der Waals surface area (Å²) in [5.74, 6) is 0.800. The SMILES string of the molecule is COc1cc2ccncc2cc1-c1cnn2cccnc12. The van der Waals surface area contributed by atoms with Crippen molar-refractivity contribution in [1.29, 1.82) is 0 Å². The highest BCUT2D eigenvalue weighted by Gasteiger charge is 2.13. The van der Waals surface area contributed by atoms with Gasteiger partial charge in [-0.05, 0) is 29.7 Å². The Morgan fingerprint density at radius 3 is 2.90 bits per heavy atom. The van der Waals surface area contributed by atoms with Crippen LogP contribution in [0, 0.1) is 0 Å². The Balaban J connectivity index is 2.04. The van der Waals surface area contributed by atoms with Crippen molar-refractivity contribution in [3.63, 3.8) is 0 Å². The van der Waals surface area contributed by atoms with Gasteiger partial charge in [0.25, 0.3) is 0 Å². The van der Waals surface area contributed by atoms with Crippen molar-refractivity contribution < 1.29 is 4.74 Å². The van der Waals surface area contributed by atoms with Gasteiger partial charge in [0.1, 0.15) is 5.75 Å². The predicted octanol–water partition coefficient (Wildman–Crippen LogP) is 2.95. The molecule has 0 saturated heterocycles. The molecule has 3 aromatic heterocycles. The lowest BCUT2D eigenvalue weighted by Gasteiger charge is -2.09. The van der Waals surface area contributed by atoms with Crippen LogP contribution in [0.5, 0.6) is 5.75 Å². The fraction of sp³-hybridized carbons (Fsp3) is 0.0625. The summed E-state index contributed by atoms with van der Waals surface area (Å²) in [6.45, 7) is 0. The molecule has 1 aromatic carbocycles. The molecule has 0 fully saturated rings. The Kier molecular flexibility index (Phi) is 2.57. The largest absolute Gasteiger partial charge is 0.496 e. The first-order valence-electron chi connectivity index (χ1n) is 6.57. The van der Waals surface area contributed by atoms with Crippen molar-refractivity contribution in [2.45, 2.75) is 0 Å². The summed E-state index contributed by atoms with van der Waals surface area (Å²) < 4.78 is 7.29. The van der Waals surface area contributed by atoms with E-state index in [1.54, 1.807) is 24.0 Å².